The molecule has 2 saturated heterocycles. The monoisotopic (exact) mass is 264 g/mol. The van der Waals surface area contributed by atoms with Crippen LogP contribution in [0, 0.1) is 11.8 Å². The summed E-state index contributed by atoms with van der Waals surface area (Å²) in [5.74, 6) is 3.75. The predicted octanol–water partition coefficient (Wildman–Crippen LogP) is 1.28. The largest absolute Gasteiger partial charge is 0.356 e. The van der Waals surface area contributed by atoms with Crippen LogP contribution in [0.1, 0.15) is 19.3 Å². The molecule has 1 amide bonds. The Morgan fingerprint density at radius 2 is 2.06 bits per heavy atom. The number of carbonyl (C=O) groups excluding carboxylic acids is 1. The molecule has 94 valence electrons. The predicted molar refractivity (Wildman–Crippen MR) is 71.3 cm³/mol. The molecular formula is C11H21ClN2OS. The van der Waals surface area contributed by atoms with Crippen LogP contribution in [-0.4, -0.2) is 37.0 Å². The van der Waals surface area contributed by atoms with Gasteiger partial charge in [0, 0.05) is 13.1 Å². The van der Waals surface area contributed by atoms with Crippen molar-refractivity contribution >= 4 is 30.1 Å². The first kappa shape index (κ1) is 14.1. The minimum absolute atomic E-state index is 0. The van der Waals surface area contributed by atoms with Gasteiger partial charge in [-0.05, 0) is 43.2 Å². The topological polar surface area (TPSA) is 41.1 Å². The molecule has 0 aromatic carbocycles. The molecule has 2 aliphatic heterocycles. The fraction of sp³-hybridized carbons (Fsp3) is 0.909. The molecule has 1 atom stereocenters. The van der Waals surface area contributed by atoms with Gasteiger partial charge in [-0.2, -0.15) is 11.8 Å². The lowest BCUT2D eigenvalue weighted by atomic mass is 10.0. The highest BCUT2D eigenvalue weighted by Crippen LogP contribution is 2.22. The van der Waals surface area contributed by atoms with Crippen molar-refractivity contribution in [1.29, 1.82) is 0 Å². The first-order valence-electron chi connectivity index (χ1n) is 5.92. The summed E-state index contributed by atoms with van der Waals surface area (Å²) in [5.41, 5.74) is 0. The Labute approximate surface area is 108 Å². The van der Waals surface area contributed by atoms with E-state index in [4.69, 9.17) is 0 Å². The number of amides is 1. The van der Waals surface area contributed by atoms with E-state index in [0.29, 0.717) is 0 Å². The SMILES string of the molecule is Cl.O=C(NCC1CCSCC1)[C@H]1CCNC1. The van der Waals surface area contributed by atoms with Crippen LogP contribution in [0.4, 0.5) is 0 Å². The average molecular weight is 265 g/mol. The Kier molecular flexibility index (Phi) is 6.54. The molecule has 0 radical (unpaired) electrons. The summed E-state index contributed by atoms with van der Waals surface area (Å²) < 4.78 is 0. The van der Waals surface area contributed by atoms with Gasteiger partial charge < -0.3 is 10.6 Å². The Bertz CT molecular complexity index is 216. The quantitative estimate of drug-likeness (QED) is 0.807. The number of hydrogen-bond acceptors (Lipinski definition) is 3. The van der Waals surface area contributed by atoms with E-state index in [2.05, 4.69) is 10.6 Å². The fourth-order valence-corrected chi connectivity index (χ4v) is 3.42. The molecule has 0 spiro atoms. The van der Waals surface area contributed by atoms with E-state index in [1.165, 1.54) is 24.3 Å². The number of hydrogen-bond donors (Lipinski definition) is 2. The lowest BCUT2D eigenvalue weighted by molar-refractivity contribution is -0.124. The van der Waals surface area contributed by atoms with Crippen molar-refractivity contribution in [2.75, 3.05) is 31.1 Å². The van der Waals surface area contributed by atoms with Gasteiger partial charge in [-0.1, -0.05) is 0 Å². The first-order chi connectivity index (χ1) is 7.36. The minimum atomic E-state index is 0. The van der Waals surface area contributed by atoms with Gasteiger partial charge in [0.2, 0.25) is 5.91 Å². The van der Waals surface area contributed by atoms with Crippen molar-refractivity contribution in [3.05, 3.63) is 0 Å². The van der Waals surface area contributed by atoms with Gasteiger partial charge in [0.25, 0.3) is 0 Å². The second-order valence-electron chi connectivity index (χ2n) is 4.49. The molecule has 0 aromatic rings. The van der Waals surface area contributed by atoms with Gasteiger partial charge in [-0.3, -0.25) is 4.79 Å². The molecule has 2 aliphatic rings. The molecule has 0 unspecified atom stereocenters. The summed E-state index contributed by atoms with van der Waals surface area (Å²) in [6.07, 6.45) is 3.55. The van der Waals surface area contributed by atoms with E-state index in [9.17, 15) is 4.79 Å². The van der Waals surface area contributed by atoms with Gasteiger partial charge in [-0.15, -0.1) is 12.4 Å². The number of carbonyl (C=O) groups is 1. The lowest BCUT2D eigenvalue weighted by Crippen LogP contribution is -2.36. The van der Waals surface area contributed by atoms with E-state index in [-0.39, 0.29) is 24.2 Å². The number of nitrogens with one attached hydrogen (secondary N) is 2. The normalized spacial score (nSPS) is 26.1. The number of thioether (sulfide) groups is 1. The Morgan fingerprint density at radius 1 is 1.31 bits per heavy atom. The molecule has 5 heteroatoms. The molecule has 16 heavy (non-hydrogen) atoms. The Hall–Kier alpha value is 0.0700. The molecule has 3 nitrogen and oxygen atoms in total. The van der Waals surface area contributed by atoms with Crippen LogP contribution in [0.2, 0.25) is 0 Å². The van der Waals surface area contributed by atoms with E-state index < -0.39 is 0 Å². The molecular weight excluding hydrogens is 244 g/mol. The van der Waals surface area contributed by atoms with E-state index in [1.54, 1.807) is 0 Å². The summed E-state index contributed by atoms with van der Waals surface area (Å²) in [6, 6.07) is 0. The van der Waals surface area contributed by atoms with Gasteiger partial charge >= 0.3 is 0 Å². The summed E-state index contributed by atoms with van der Waals surface area (Å²) in [6.45, 7) is 2.76. The third-order valence-corrected chi connectivity index (χ3v) is 4.39. The van der Waals surface area contributed by atoms with Crippen LogP contribution >= 0.6 is 24.2 Å². The van der Waals surface area contributed by atoms with Gasteiger partial charge in [0.15, 0.2) is 0 Å². The highest BCUT2D eigenvalue weighted by atomic mass is 35.5. The van der Waals surface area contributed by atoms with Crippen molar-refractivity contribution in [2.24, 2.45) is 11.8 Å². The van der Waals surface area contributed by atoms with Crippen molar-refractivity contribution in [2.45, 2.75) is 19.3 Å². The average Bonchev–Trinajstić information content (AvgIpc) is 2.81. The van der Waals surface area contributed by atoms with Gasteiger partial charge in [0.05, 0.1) is 5.92 Å². The van der Waals surface area contributed by atoms with Crippen molar-refractivity contribution < 1.29 is 4.79 Å². The zero-order valence-electron chi connectivity index (χ0n) is 9.54. The van der Waals surface area contributed by atoms with Crippen LogP contribution in [0.15, 0.2) is 0 Å². The highest BCUT2D eigenvalue weighted by Gasteiger charge is 2.23. The lowest BCUT2D eigenvalue weighted by Gasteiger charge is -2.22. The van der Waals surface area contributed by atoms with Crippen molar-refractivity contribution in [1.82, 2.24) is 10.6 Å². The Morgan fingerprint density at radius 3 is 2.69 bits per heavy atom. The number of rotatable bonds is 3. The number of halogens is 1. The third kappa shape index (κ3) is 4.15. The minimum Gasteiger partial charge on any atom is -0.356 e. The molecule has 0 saturated carbocycles. The summed E-state index contributed by atoms with van der Waals surface area (Å²) in [4.78, 5) is 11.7. The van der Waals surface area contributed by atoms with Crippen molar-refractivity contribution in [3.8, 4) is 0 Å². The summed E-state index contributed by atoms with van der Waals surface area (Å²) >= 11 is 2.04. The third-order valence-electron chi connectivity index (χ3n) is 3.34. The zero-order valence-corrected chi connectivity index (χ0v) is 11.2. The van der Waals surface area contributed by atoms with E-state index in [0.717, 1.165) is 32.0 Å². The maximum atomic E-state index is 11.7. The summed E-state index contributed by atoms with van der Waals surface area (Å²) in [5, 5.41) is 6.33. The van der Waals surface area contributed by atoms with E-state index >= 15 is 0 Å². The fourth-order valence-electron chi connectivity index (χ4n) is 2.22. The smallest absolute Gasteiger partial charge is 0.224 e. The van der Waals surface area contributed by atoms with Crippen LogP contribution in [0.25, 0.3) is 0 Å². The zero-order chi connectivity index (χ0) is 10.5. The van der Waals surface area contributed by atoms with E-state index in [1.807, 2.05) is 11.8 Å². The van der Waals surface area contributed by atoms with Gasteiger partial charge in [-0.25, -0.2) is 0 Å². The van der Waals surface area contributed by atoms with Crippen LogP contribution in [0.3, 0.4) is 0 Å². The molecule has 0 aliphatic carbocycles. The highest BCUT2D eigenvalue weighted by molar-refractivity contribution is 7.99. The van der Waals surface area contributed by atoms with Crippen LogP contribution in [0.5, 0.6) is 0 Å². The second kappa shape index (κ2) is 7.41. The molecule has 0 aromatic heterocycles. The standard InChI is InChI=1S/C11H20N2OS.ClH/c14-11(10-1-4-12-8-10)13-7-9-2-5-15-6-3-9;/h9-10,12H,1-8H2,(H,13,14);1H/t10-;/m0./s1. The Balaban J connectivity index is 0.00000128. The maximum absolute atomic E-state index is 11.7. The molecule has 2 rings (SSSR count). The first-order valence-corrected chi connectivity index (χ1v) is 7.08. The van der Waals surface area contributed by atoms with Crippen LogP contribution in [-0.2, 0) is 4.79 Å². The molecule has 2 heterocycles. The molecule has 2 N–H and O–H groups in total. The second-order valence-corrected chi connectivity index (χ2v) is 5.72. The van der Waals surface area contributed by atoms with Gasteiger partial charge in [0.1, 0.15) is 0 Å². The van der Waals surface area contributed by atoms with Crippen molar-refractivity contribution in [3.63, 3.8) is 0 Å². The van der Waals surface area contributed by atoms with Crippen LogP contribution < -0.4 is 10.6 Å². The molecule has 2 fully saturated rings. The molecule has 0 bridgehead atoms. The summed E-state index contributed by atoms with van der Waals surface area (Å²) in [7, 11) is 0. The maximum Gasteiger partial charge on any atom is 0.224 e.